The monoisotopic (exact) mass is 344 g/mol. The Balaban J connectivity index is 2.25. The van der Waals surface area contributed by atoms with Gasteiger partial charge in [0.1, 0.15) is 5.75 Å². The molecule has 2 aromatic rings. The number of alkyl halides is 3. The zero-order chi connectivity index (χ0) is 17.3. The van der Waals surface area contributed by atoms with E-state index >= 15 is 0 Å². The first kappa shape index (κ1) is 17.3. The van der Waals surface area contributed by atoms with E-state index in [0.717, 1.165) is 17.7 Å². The first-order valence-electron chi connectivity index (χ1n) is 6.76. The standard InChI is InChI=1S/C16H15F3O3S/c1-11-3-9-15(10-4-11)23(20,21)12(2)13-5-7-14(8-6-13)22-16(17,18)19/h3-10,12H,1-2H3. The maximum atomic E-state index is 12.5. The third-order valence-corrected chi connectivity index (χ3v) is 5.53. The summed E-state index contributed by atoms with van der Waals surface area (Å²) in [7, 11) is -3.62. The highest BCUT2D eigenvalue weighted by Gasteiger charge is 2.31. The van der Waals surface area contributed by atoms with Crippen LogP contribution in [-0.4, -0.2) is 14.8 Å². The van der Waals surface area contributed by atoms with Gasteiger partial charge in [0, 0.05) is 0 Å². The lowest BCUT2D eigenvalue weighted by Crippen LogP contribution is -2.17. The van der Waals surface area contributed by atoms with Gasteiger partial charge in [-0.15, -0.1) is 13.2 Å². The molecule has 0 aliphatic carbocycles. The van der Waals surface area contributed by atoms with E-state index in [1.54, 1.807) is 12.1 Å². The van der Waals surface area contributed by atoms with Crippen molar-refractivity contribution in [3.63, 3.8) is 0 Å². The molecule has 2 rings (SSSR count). The fourth-order valence-corrected chi connectivity index (χ4v) is 3.49. The Morgan fingerprint density at radius 2 is 1.48 bits per heavy atom. The molecule has 23 heavy (non-hydrogen) atoms. The number of sulfone groups is 1. The molecule has 1 unspecified atom stereocenters. The summed E-state index contributed by atoms with van der Waals surface area (Å²) in [5.74, 6) is -0.388. The Bertz CT molecular complexity index is 764. The quantitative estimate of drug-likeness (QED) is 0.824. The van der Waals surface area contributed by atoms with Gasteiger partial charge in [-0.3, -0.25) is 0 Å². The number of aryl methyl sites for hydroxylation is 1. The molecular formula is C16H15F3O3S. The van der Waals surface area contributed by atoms with Gasteiger partial charge in [0.2, 0.25) is 0 Å². The van der Waals surface area contributed by atoms with Gasteiger partial charge in [0.25, 0.3) is 0 Å². The summed E-state index contributed by atoms with van der Waals surface area (Å²) in [5.41, 5.74) is 1.32. The maximum Gasteiger partial charge on any atom is 0.573 e. The average molecular weight is 344 g/mol. The van der Waals surface area contributed by atoms with Crippen LogP contribution in [0.4, 0.5) is 13.2 Å². The van der Waals surface area contributed by atoms with Crippen molar-refractivity contribution in [2.24, 2.45) is 0 Å². The number of halogens is 3. The summed E-state index contributed by atoms with van der Waals surface area (Å²) in [6.45, 7) is 3.34. The van der Waals surface area contributed by atoms with Gasteiger partial charge in [0.05, 0.1) is 10.1 Å². The molecular weight excluding hydrogens is 329 g/mol. The van der Waals surface area contributed by atoms with Crippen LogP contribution in [0.1, 0.15) is 23.3 Å². The molecule has 0 fully saturated rings. The van der Waals surface area contributed by atoms with Gasteiger partial charge in [0.15, 0.2) is 9.84 Å². The summed E-state index contributed by atoms with van der Waals surface area (Å²) in [6.07, 6.45) is -4.78. The molecule has 0 bridgehead atoms. The summed E-state index contributed by atoms with van der Waals surface area (Å²) in [6, 6.07) is 11.3. The maximum absolute atomic E-state index is 12.5. The van der Waals surface area contributed by atoms with E-state index in [9.17, 15) is 21.6 Å². The minimum Gasteiger partial charge on any atom is -0.406 e. The van der Waals surface area contributed by atoms with Gasteiger partial charge in [-0.05, 0) is 43.7 Å². The summed E-state index contributed by atoms with van der Waals surface area (Å²) in [5, 5.41) is -0.884. The number of hydrogen-bond acceptors (Lipinski definition) is 3. The Morgan fingerprint density at radius 1 is 0.957 bits per heavy atom. The van der Waals surface area contributed by atoms with E-state index in [-0.39, 0.29) is 10.6 Å². The molecule has 7 heteroatoms. The van der Waals surface area contributed by atoms with Crippen LogP contribution in [0.15, 0.2) is 53.4 Å². The van der Waals surface area contributed by atoms with Crippen molar-refractivity contribution >= 4 is 9.84 Å². The fourth-order valence-electron chi connectivity index (χ4n) is 2.05. The molecule has 2 aromatic carbocycles. The number of rotatable bonds is 4. The number of hydrogen-bond donors (Lipinski definition) is 0. The van der Waals surface area contributed by atoms with Crippen LogP contribution in [-0.2, 0) is 9.84 Å². The minimum absolute atomic E-state index is 0.172. The molecule has 124 valence electrons. The smallest absolute Gasteiger partial charge is 0.406 e. The highest BCUT2D eigenvalue weighted by Crippen LogP contribution is 2.30. The highest BCUT2D eigenvalue weighted by molar-refractivity contribution is 7.91. The lowest BCUT2D eigenvalue weighted by atomic mass is 10.1. The van der Waals surface area contributed by atoms with Crippen LogP contribution in [0.3, 0.4) is 0 Å². The summed E-state index contributed by atoms with van der Waals surface area (Å²) >= 11 is 0. The SMILES string of the molecule is Cc1ccc(S(=O)(=O)C(C)c2ccc(OC(F)(F)F)cc2)cc1. The van der Waals surface area contributed by atoms with Gasteiger partial charge < -0.3 is 4.74 Å². The van der Waals surface area contributed by atoms with E-state index in [1.165, 1.54) is 31.2 Å². The predicted molar refractivity (Wildman–Crippen MR) is 79.9 cm³/mol. The molecule has 0 amide bonds. The Labute approximate surface area is 132 Å². The zero-order valence-electron chi connectivity index (χ0n) is 12.5. The van der Waals surface area contributed by atoms with E-state index in [1.807, 2.05) is 6.92 Å². The summed E-state index contributed by atoms with van der Waals surface area (Å²) < 4.78 is 65.2. The second-order valence-corrected chi connectivity index (χ2v) is 7.39. The molecule has 0 heterocycles. The molecule has 0 N–H and O–H groups in total. The van der Waals surface area contributed by atoms with Gasteiger partial charge in [-0.25, -0.2) is 8.42 Å². The van der Waals surface area contributed by atoms with Crippen molar-refractivity contribution in [1.82, 2.24) is 0 Å². The van der Waals surface area contributed by atoms with Crippen LogP contribution < -0.4 is 4.74 Å². The van der Waals surface area contributed by atoms with Gasteiger partial charge >= 0.3 is 6.36 Å². The van der Waals surface area contributed by atoms with Crippen molar-refractivity contribution in [3.05, 3.63) is 59.7 Å². The molecule has 0 radical (unpaired) electrons. The lowest BCUT2D eigenvalue weighted by molar-refractivity contribution is -0.274. The molecule has 3 nitrogen and oxygen atoms in total. The Morgan fingerprint density at radius 3 is 1.96 bits per heavy atom. The van der Waals surface area contributed by atoms with Crippen molar-refractivity contribution in [2.75, 3.05) is 0 Å². The normalized spacial score (nSPS) is 13.6. The third kappa shape index (κ3) is 4.25. The molecule has 0 aliphatic rings. The molecule has 0 saturated heterocycles. The molecule has 1 atom stereocenters. The summed E-state index contributed by atoms with van der Waals surface area (Å²) in [4.78, 5) is 0.172. The lowest BCUT2D eigenvalue weighted by Gasteiger charge is -2.15. The largest absolute Gasteiger partial charge is 0.573 e. The molecule has 0 spiro atoms. The first-order chi connectivity index (χ1) is 10.6. The van der Waals surface area contributed by atoms with E-state index in [0.29, 0.717) is 5.56 Å². The van der Waals surface area contributed by atoms with E-state index in [4.69, 9.17) is 0 Å². The minimum atomic E-state index is -4.78. The second kappa shape index (κ2) is 6.23. The van der Waals surface area contributed by atoms with Crippen LogP contribution in [0.2, 0.25) is 0 Å². The van der Waals surface area contributed by atoms with E-state index < -0.39 is 21.4 Å². The molecule has 0 saturated carbocycles. The highest BCUT2D eigenvalue weighted by atomic mass is 32.2. The second-order valence-electron chi connectivity index (χ2n) is 5.12. The first-order valence-corrected chi connectivity index (χ1v) is 8.30. The van der Waals surface area contributed by atoms with Crippen LogP contribution >= 0.6 is 0 Å². The van der Waals surface area contributed by atoms with Crippen molar-refractivity contribution < 1.29 is 26.3 Å². The zero-order valence-corrected chi connectivity index (χ0v) is 13.3. The Kier molecular flexibility index (Phi) is 4.70. The van der Waals surface area contributed by atoms with Crippen molar-refractivity contribution in [2.45, 2.75) is 30.4 Å². The molecule has 0 aliphatic heterocycles. The number of benzene rings is 2. The van der Waals surface area contributed by atoms with E-state index in [2.05, 4.69) is 4.74 Å². The van der Waals surface area contributed by atoms with Crippen LogP contribution in [0.25, 0.3) is 0 Å². The Hall–Kier alpha value is -2.02. The average Bonchev–Trinajstić information content (AvgIpc) is 2.46. The van der Waals surface area contributed by atoms with Gasteiger partial charge in [-0.1, -0.05) is 29.8 Å². The number of ether oxygens (including phenoxy) is 1. The van der Waals surface area contributed by atoms with Crippen LogP contribution in [0, 0.1) is 6.92 Å². The van der Waals surface area contributed by atoms with Crippen molar-refractivity contribution in [1.29, 1.82) is 0 Å². The fraction of sp³-hybridized carbons (Fsp3) is 0.250. The third-order valence-electron chi connectivity index (χ3n) is 3.40. The topological polar surface area (TPSA) is 43.4 Å². The predicted octanol–water partition coefficient (Wildman–Crippen LogP) is 4.43. The van der Waals surface area contributed by atoms with Crippen LogP contribution in [0.5, 0.6) is 5.75 Å². The van der Waals surface area contributed by atoms with Gasteiger partial charge in [-0.2, -0.15) is 0 Å². The van der Waals surface area contributed by atoms with Crippen molar-refractivity contribution in [3.8, 4) is 5.75 Å². The molecule has 0 aromatic heterocycles.